The number of aromatic nitrogens is 4. The lowest BCUT2D eigenvalue weighted by Gasteiger charge is -2.39. The zero-order valence-corrected chi connectivity index (χ0v) is 28.0. The second-order valence-electron chi connectivity index (χ2n) is 13.6. The van der Waals surface area contributed by atoms with Gasteiger partial charge in [0.15, 0.2) is 5.65 Å². The fourth-order valence-corrected chi connectivity index (χ4v) is 9.19. The summed E-state index contributed by atoms with van der Waals surface area (Å²) in [5.41, 5.74) is 4.29. The Morgan fingerprint density at radius 3 is 2.68 bits per heavy atom. The Morgan fingerprint density at radius 1 is 1.18 bits per heavy atom. The van der Waals surface area contributed by atoms with Crippen LogP contribution in [0.4, 0.5) is 10.6 Å². The highest BCUT2D eigenvalue weighted by molar-refractivity contribution is 7.19. The Kier molecular flexibility index (Phi) is 8.07. The first-order chi connectivity index (χ1) is 21.1. The minimum absolute atomic E-state index is 0.0290. The molecule has 3 aliphatic heterocycles. The molecule has 10 nitrogen and oxygen atoms in total. The number of ether oxygens (including phenoxy) is 2. The maximum atomic E-state index is 11.3. The van der Waals surface area contributed by atoms with Crippen LogP contribution in [0.2, 0.25) is 30.7 Å². The third-order valence-corrected chi connectivity index (χ3v) is 12.6. The third kappa shape index (κ3) is 5.82. The number of anilines is 1. The van der Waals surface area contributed by atoms with Crippen LogP contribution in [0.5, 0.6) is 0 Å². The Bertz CT molecular complexity index is 1690. The van der Waals surface area contributed by atoms with E-state index in [1.165, 1.54) is 0 Å². The molecule has 3 fully saturated rings. The maximum absolute atomic E-state index is 11.3. The van der Waals surface area contributed by atoms with Gasteiger partial charge in [0.2, 0.25) is 0 Å². The molecule has 0 radical (unpaired) electrons. The van der Waals surface area contributed by atoms with Gasteiger partial charge in [-0.05, 0) is 44.2 Å². The first kappa shape index (κ1) is 29.9. The van der Waals surface area contributed by atoms with Gasteiger partial charge in [-0.3, -0.25) is 0 Å². The summed E-state index contributed by atoms with van der Waals surface area (Å²) in [6.45, 7) is 9.62. The Labute approximate surface area is 266 Å². The molecule has 13 heteroatoms. The van der Waals surface area contributed by atoms with E-state index in [9.17, 15) is 9.90 Å². The van der Waals surface area contributed by atoms with Crippen LogP contribution in [-0.4, -0.2) is 76.7 Å². The fraction of sp³-hybridized carbons (Fsp3) is 0.548. The minimum Gasteiger partial charge on any atom is -0.465 e. The van der Waals surface area contributed by atoms with E-state index in [4.69, 9.17) is 36.0 Å². The summed E-state index contributed by atoms with van der Waals surface area (Å²) in [4.78, 5) is 28.8. The van der Waals surface area contributed by atoms with E-state index in [1.54, 1.807) is 11.3 Å². The van der Waals surface area contributed by atoms with Gasteiger partial charge < -0.3 is 29.4 Å². The number of carboxylic acid groups (broad SMARTS) is 1. The molecule has 7 rings (SSSR count). The number of nitrogens with zero attached hydrogens (tertiary/aromatic N) is 5. The molecule has 1 aromatic carbocycles. The standard InChI is InChI=1S/C31H39ClN6O4SSi/c1-44(2,3)11-10-42-17-37-15-23(22-6-7-24-28(26(22)32)43-30(35-24)18-8-9-41-16-18)27-29(37)36-25(14-33-27)38-20-4-5-21(38)13-19(12-20)34-31(39)40/h6-7,14-15,18-21,34H,4-5,8-13,16-17H2,1-3H3,(H,39,40)/t18?,19-,20+,21-. The first-order valence-electron chi connectivity index (χ1n) is 15.5. The van der Waals surface area contributed by atoms with Gasteiger partial charge in [0.1, 0.15) is 18.1 Å². The van der Waals surface area contributed by atoms with E-state index in [2.05, 4.69) is 46.7 Å². The number of rotatable bonds is 9. The number of piperidine rings is 1. The van der Waals surface area contributed by atoms with Crippen LogP contribution in [0.1, 0.15) is 43.0 Å². The number of hydrogen-bond acceptors (Lipinski definition) is 8. The monoisotopic (exact) mass is 654 g/mol. The molecule has 1 amide bonds. The van der Waals surface area contributed by atoms with Crippen molar-refractivity contribution in [2.24, 2.45) is 0 Å². The molecule has 4 atom stereocenters. The van der Waals surface area contributed by atoms with Crippen molar-refractivity contribution in [2.75, 3.05) is 24.7 Å². The average Bonchev–Trinajstić information content (AvgIpc) is 3.76. The Hall–Kier alpha value is -2.77. The van der Waals surface area contributed by atoms with Crippen LogP contribution in [-0.2, 0) is 16.2 Å². The molecule has 6 heterocycles. The van der Waals surface area contributed by atoms with Crippen molar-refractivity contribution in [3.05, 3.63) is 34.6 Å². The number of halogens is 1. The van der Waals surface area contributed by atoms with Crippen molar-refractivity contribution in [2.45, 2.75) is 88.6 Å². The van der Waals surface area contributed by atoms with Crippen molar-refractivity contribution >= 4 is 64.3 Å². The number of benzene rings is 1. The van der Waals surface area contributed by atoms with E-state index in [1.807, 2.05) is 12.3 Å². The summed E-state index contributed by atoms with van der Waals surface area (Å²) in [6, 6.07) is 5.61. The van der Waals surface area contributed by atoms with E-state index >= 15 is 0 Å². The van der Waals surface area contributed by atoms with Crippen LogP contribution < -0.4 is 10.2 Å². The van der Waals surface area contributed by atoms with Crippen LogP contribution in [0.3, 0.4) is 0 Å². The molecular weight excluding hydrogens is 616 g/mol. The van der Waals surface area contributed by atoms with E-state index in [0.29, 0.717) is 30.9 Å². The summed E-state index contributed by atoms with van der Waals surface area (Å²) >= 11 is 8.79. The molecule has 4 aromatic rings. The molecule has 3 aliphatic rings. The maximum Gasteiger partial charge on any atom is 0.404 e. The van der Waals surface area contributed by atoms with Crippen LogP contribution in [0.15, 0.2) is 24.5 Å². The van der Waals surface area contributed by atoms with Gasteiger partial charge in [-0.1, -0.05) is 37.3 Å². The van der Waals surface area contributed by atoms with Crippen LogP contribution >= 0.6 is 22.9 Å². The molecule has 1 unspecified atom stereocenters. The highest BCUT2D eigenvalue weighted by Gasteiger charge is 2.42. The van der Waals surface area contributed by atoms with Crippen LogP contribution in [0.25, 0.3) is 32.5 Å². The zero-order valence-electron chi connectivity index (χ0n) is 25.4. The van der Waals surface area contributed by atoms with Gasteiger partial charge >= 0.3 is 6.09 Å². The lowest BCUT2D eigenvalue weighted by Crippen LogP contribution is -2.50. The predicted molar refractivity (Wildman–Crippen MR) is 177 cm³/mol. The van der Waals surface area contributed by atoms with Gasteiger partial charge in [-0.2, -0.15) is 0 Å². The van der Waals surface area contributed by atoms with Crippen molar-refractivity contribution in [1.29, 1.82) is 0 Å². The summed E-state index contributed by atoms with van der Waals surface area (Å²) in [6.07, 6.45) is 7.56. The van der Waals surface area contributed by atoms with Crippen LogP contribution in [0, 0.1) is 0 Å². The molecule has 0 spiro atoms. The smallest absolute Gasteiger partial charge is 0.404 e. The highest BCUT2D eigenvalue weighted by atomic mass is 35.5. The minimum atomic E-state index is -1.23. The highest BCUT2D eigenvalue weighted by Crippen LogP contribution is 2.43. The molecule has 2 bridgehead atoms. The Morgan fingerprint density at radius 2 is 1.98 bits per heavy atom. The average molecular weight is 655 g/mol. The fourth-order valence-electron chi connectivity index (χ4n) is 6.93. The lowest BCUT2D eigenvalue weighted by atomic mass is 9.97. The summed E-state index contributed by atoms with van der Waals surface area (Å²) < 4.78 is 14.9. The molecule has 0 saturated carbocycles. The number of hydrogen-bond donors (Lipinski definition) is 2. The predicted octanol–water partition coefficient (Wildman–Crippen LogP) is 6.95. The largest absolute Gasteiger partial charge is 0.465 e. The van der Waals surface area contributed by atoms with Gasteiger partial charge in [-0.25, -0.2) is 19.7 Å². The number of amides is 1. The van der Waals surface area contributed by atoms with Crippen molar-refractivity contribution in [3.8, 4) is 11.1 Å². The van der Waals surface area contributed by atoms with Gasteiger partial charge in [0.05, 0.1) is 33.1 Å². The van der Waals surface area contributed by atoms with Crippen molar-refractivity contribution in [3.63, 3.8) is 0 Å². The van der Waals surface area contributed by atoms with Gasteiger partial charge in [0, 0.05) is 62.7 Å². The van der Waals surface area contributed by atoms with Gasteiger partial charge in [-0.15, -0.1) is 11.3 Å². The second-order valence-corrected chi connectivity index (χ2v) is 20.6. The molecule has 3 aromatic heterocycles. The molecular formula is C31H39ClN6O4SSi. The van der Waals surface area contributed by atoms with Crippen molar-refractivity contribution in [1.82, 2.24) is 24.8 Å². The molecule has 0 aliphatic carbocycles. The van der Waals surface area contributed by atoms with Gasteiger partial charge in [0.25, 0.3) is 0 Å². The van der Waals surface area contributed by atoms with E-state index < -0.39 is 14.2 Å². The number of nitrogens with one attached hydrogen (secondary N) is 1. The lowest BCUT2D eigenvalue weighted by molar-refractivity contribution is 0.0899. The summed E-state index contributed by atoms with van der Waals surface area (Å²) in [5.74, 6) is 1.16. The first-order valence-corrected chi connectivity index (χ1v) is 20.4. The Balaban J connectivity index is 1.24. The van der Waals surface area contributed by atoms with E-state index in [0.717, 1.165) is 88.1 Å². The summed E-state index contributed by atoms with van der Waals surface area (Å²) in [7, 11) is -1.23. The summed E-state index contributed by atoms with van der Waals surface area (Å²) in [5, 5.41) is 13.7. The normalized spacial score (nSPS) is 23.7. The number of fused-ring (bicyclic) bond motifs is 4. The second kappa shape index (κ2) is 11.9. The number of thiazole rings is 1. The van der Waals surface area contributed by atoms with Crippen molar-refractivity contribution < 1.29 is 19.4 Å². The number of carbonyl (C=O) groups is 1. The molecule has 234 valence electrons. The molecule has 44 heavy (non-hydrogen) atoms. The topological polar surface area (TPSA) is 115 Å². The third-order valence-electron chi connectivity index (χ3n) is 9.19. The van der Waals surface area contributed by atoms with E-state index in [-0.39, 0.29) is 18.1 Å². The quantitative estimate of drug-likeness (QED) is 0.147. The SMILES string of the molecule is C[Si](C)(C)CCOCn1cc(-c2ccc3nc(C4CCOC4)sc3c2Cl)c2ncc(N3[C@@H]4CC[C@H]3C[C@@H](NC(=O)O)C4)nc21. The molecule has 2 N–H and O–H groups in total. The molecule has 3 saturated heterocycles. The zero-order chi connectivity index (χ0) is 30.6.